The fraction of sp³-hybridized carbons (Fsp3) is 0.273. The van der Waals surface area contributed by atoms with Crippen LogP contribution in [-0.2, 0) is 6.54 Å². The minimum absolute atomic E-state index is 0.0245. The molecule has 0 aliphatic rings. The van der Waals surface area contributed by atoms with Crippen LogP contribution in [0, 0.1) is 6.92 Å². The summed E-state index contributed by atoms with van der Waals surface area (Å²) in [7, 11) is 1.79. The third kappa shape index (κ3) is 2.76. The van der Waals surface area contributed by atoms with Crippen molar-refractivity contribution in [2.45, 2.75) is 13.5 Å². The van der Waals surface area contributed by atoms with Crippen LogP contribution >= 0.6 is 27.3 Å². The van der Waals surface area contributed by atoms with Crippen molar-refractivity contribution in [2.24, 2.45) is 0 Å². The number of hydrogen-bond acceptors (Lipinski definition) is 3. The number of H-pyrrole nitrogens is 1. The first-order valence-electron chi connectivity index (χ1n) is 5.06. The fourth-order valence-electron chi connectivity index (χ4n) is 1.46. The standard InChI is InChI=1S/C11H12BrN3OS/c1-7-10(17-6-14-7)5-15(2)11(16)9-3-8(12)4-13-9/h3-4,6,13H,5H2,1-2H3. The lowest BCUT2D eigenvalue weighted by atomic mass is 10.3. The van der Waals surface area contributed by atoms with Crippen LogP contribution in [0.2, 0.25) is 0 Å². The average molecular weight is 314 g/mol. The van der Waals surface area contributed by atoms with Crippen molar-refractivity contribution in [3.05, 3.63) is 38.5 Å². The summed E-state index contributed by atoms with van der Waals surface area (Å²) >= 11 is 4.88. The fourth-order valence-corrected chi connectivity index (χ4v) is 2.64. The lowest BCUT2D eigenvalue weighted by Crippen LogP contribution is -2.26. The minimum atomic E-state index is -0.0245. The molecule has 0 aliphatic carbocycles. The van der Waals surface area contributed by atoms with Gasteiger partial charge in [-0.25, -0.2) is 4.98 Å². The first kappa shape index (κ1) is 12.3. The smallest absolute Gasteiger partial charge is 0.270 e. The van der Waals surface area contributed by atoms with Gasteiger partial charge in [-0.1, -0.05) is 0 Å². The molecule has 6 heteroatoms. The van der Waals surface area contributed by atoms with E-state index in [9.17, 15) is 4.79 Å². The molecule has 0 atom stereocenters. The van der Waals surface area contributed by atoms with Crippen LogP contribution in [0.25, 0.3) is 0 Å². The summed E-state index contributed by atoms with van der Waals surface area (Å²) in [6.07, 6.45) is 1.75. The predicted molar refractivity (Wildman–Crippen MR) is 71.1 cm³/mol. The molecule has 4 nitrogen and oxygen atoms in total. The quantitative estimate of drug-likeness (QED) is 0.947. The SMILES string of the molecule is Cc1ncsc1CN(C)C(=O)c1cc(Br)c[nH]1. The van der Waals surface area contributed by atoms with E-state index in [0.717, 1.165) is 15.0 Å². The van der Waals surface area contributed by atoms with Crippen LogP contribution in [0.1, 0.15) is 21.1 Å². The van der Waals surface area contributed by atoms with Gasteiger partial charge in [0.05, 0.1) is 17.7 Å². The number of thiazole rings is 1. The van der Waals surface area contributed by atoms with Crippen molar-refractivity contribution in [3.8, 4) is 0 Å². The molecule has 2 heterocycles. The van der Waals surface area contributed by atoms with Crippen molar-refractivity contribution >= 4 is 33.2 Å². The number of nitrogens with zero attached hydrogens (tertiary/aromatic N) is 2. The van der Waals surface area contributed by atoms with Crippen molar-refractivity contribution in [2.75, 3.05) is 7.05 Å². The predicted octanol–water partition coefficient (Wildman–Crippen LogP) is 2.81. The Kier molecular flexibility index (Phi) is 3.63. The van der Waals surface area contributed by atoms with Gasteiger partial charge in [0.1, 0.15) is 5.69 Å². The van der Waals surface area contributed by atoms with Gasteiger partial charge >= 0.3 is 0 Å². The second kappa shape index (κ2) is 5.01. The number of aromatic amines is 1. The number of aryl methyl sites for hydroxylation is 1. The number of nitrogens with one attached hydrogen (secondary N) is 1. The molecule has 17 heavy (non-hydrogen) atoms. The lowest BCUT2D eigenvalue weighted by molar-refractivity contribution is 0.0781. The number of hydrogen-bond donors (Lipinski definition) is 1. The molecule has 0 fully saturated rings. The molecule has 1 N–H and O–H groups in total. The summed E-state index contributed by atoms with van der Waals surface area (Å²) < 4.78 is 0.878. The zero-order chi connectivity index (χ0) is 12.4. The molecule has 0 spiro atoms. The largest absolute Gasteiger partial charge is 0.356 e. The third-order valence-corrected chi connectivity index (χ3v) is 3.83. The number of rotatable bonds is 3. The Morgan fingerprint density at radius 1 is 1.65 bits per heavy atom. The van der Waals surface area contributed by atoms with Crippen LogP contribution < -0.4 is 0 Å². The molecule has 90 valence electrons. The molecular weight excluding hydrogens is 302 g/mol. The van der Waals surface area contributed by atoms with Crippen LogP contribution in [0.5, 0.6) is 0 Å². The molecule has 2 aromatic heterocycles. The van der Waals surface area contributed by atoms with Gasteiger partial charge in [-0.3, -0.25) is 4.79 Å². The first-order valence-corrected chi connectivity index (χ1v) is 6.73. The normalized spacial score (nSPS) is 10.5. The summed E-state index contributed by atoms with van der Waals surface area (Å²) in [4.78, 5) is 22.0. The zero-order valence-electron chi connectivity index (χ0n) is 9.53. The van der Waals surface area contributed by atoms with Gasteiger partial charge in [0.25, 0.3) is 5.91 Å². The molecule has 2 aromatic rings. The second-order valence-corrected chi connectivity index (χ2v) is 5.61. The van der Waals surface area contributed by atoms with E-state index in [4.69, 9.17) is 0 Å². The maximum Gasteiger partial charge on any atom is 0.270 e. The van der Waals surface area contributed by atoms with E-state index >= 15 is 0 Å². The van der Waals surface area contributed by atoms with Crippen molar-refractivity contribution in [1.29, 1.82) is 0 Å². The van der Waals surface area contributed by atoms with Crippen LogP contribution in [0.4, 0.5) is 0 Å². The van der Waals surface area contributed by atoms with E-state index < -0.39 is 0 Å². The summed E-state index contributed by atoms with van der Waals surface area (Å²) in [6.45, 7) is 2.54. The molecular formula is C11H12BrN3OS. The Morgan fingerprint density at radius 3 is 2.94 bits per heavy atom. The molecule has 0 saturated carbocycles. The van der Waals surface area contributed by atoms with Gasteiger partial charge in [-0.05, 0) is 28.9 Å². The molecule has 0 unspecified atom stereocenters. The number of halogens is 1. The number of aromatic nitrogens is 2. The number of carbonyl (C=O) groups is 1. The topological polar surface area (TPSA) is 49.0 Å². The van der Waals surface area contributed by atoms with E-state index in [0.29, 0.717) is 12.2 Å². The van der Waals surface area contributed by atoms with Gasteiger partial charge in [0.2, 0.25) is 0 Å². The van der Waals surface area contributed by atoms with Crippen molar-refractivity contribution in [3.63, 3.8) is 0 Å². The molecule has 2 rings (SSSR count). The Bertz CT molecular complexity index is 534. The molecule has 0 radical (unpaired) electrons. The molecule has 0 aromatic carbocycles. The highest BCUT2D eigenvalue weighted by Crippen LogP contribution is 2.17. The Balaban J connectivity index is 2.08. The summed E-state index contributed by atoms with van der Waals surface area (Å²) in [5.74, 6) is -0.0245. The molecule has 0 bridgehead atoms. The highest BCUT2D eigenvalue weighted by atomic mass is 79.9. The third-order valence-electron chi connectivity index (χ3n) is 2.45. The van der Waals surface area contributed by atoms with Gasteiger partial charge in [0.15, 0.2) is 0 Å². The molecule has 0 saturated heterocycles. The van der Waals surface area contributed by atoms with Crippen LogP contribution in [0.15, 0.2) is 22.2 Å². The van der Waals surface area contributed by atoms with E-state index in [1.54, 1.807) is 41.1 Å². The van der Waals surface area contributed by atoms with E-state index in [2.05, 4.69) is 25.9 Å². The van der Waals surface area contributed by atoms with Gasteiger partial charge in [0, 0.05) is 22.6 Å². The maximum atomic E-state index is 12.1. The van der Waals surface area contributed by atoms with E-state index in [1.807, 2.05) is 6.92 Å². The second-order valence-electron chi connectivity index (χ2n) is 3.75. The van der Waals surface area contributed by atoms with E-state index in [-0.39, 0.29) is 5.91 Å². The zero-order valence-corrected chi connectivity index (χ0v) is 11.9. The number of carbonyl (C=O) groups excluding carboxylic acids is 1. The van der Waals surface area contributed by atoms with Crippen LogP contribution in [0.3, 0.4) is 0 Å². The Hall–Kier alpha value is -1.14. The van der Waals surface area contributed by atoms with E-state index in [1.165, 1.54) is 0 Å². The molecule has 1 amide bonds. The Labute approximate surface area is 112 Å². The average Bonchev–Trinajstić information content (AvgIpc) is 2.88. The highest BCUT2D eigenvalue weighted by molar-refractivity contribution is 9.10. The van der Waals surface area contributed by atoms with Gasteiger partial charge < -0.3 is 9.88 Å². The minimum Gasteiger partial charge on any atom is -0.356 e. The van der Waals surface area contributed by atoms with Crippen molar-refractivity contribution < 1.29 is 4.79 Å². The maximum absolute atomic E-state index is 12.1. The Morgan fingerprint density at radius 2 is 2.41 bits per heavy atom. The number of amides is 1. The van der Waals surface area contributed by atoms with Crippen LogP contribution in [-0.4, -0.2) is 27.8 Å². The monoisotopic (exact) mass is 313 g/mol. The summed E-state index contributed by atoms with van der Waals surface area (Å²) in [5.41, 5.74) is 3.37. The summed E-state index contributed by atoms with van der Waals surface area (Å²) in [5, 5.41) is 0. The summed E-state index contributed by atoms with van der Waals surface area (Å²) in [6, 6.07) is 1.78. The van der Waals surface area contributed by atoms with Gasteiger partial charge in [-0.2, -0.15) is 0 Å². The van der Waals surface area contributed by atoms with Crippen molar-refractivity contribution in [1.82, 2.24) is 14.9 Å². The highest BCUT2D eigenvalue weighted by Gasteiger charge is 2.15. The van der Waals surface area contributed by atoms with Gasteiger partial charge in [-0.15, -0.1) is 11.3 Å². The molecule has 0 aliphatic heterocycles. The lowest BCUT2D eigenvalue weighted by Gasteiger charge is -2.15. The first-order chi connectivity index (χ1) is 8.08.